The Morgan fingerprint density at radius 3 is 2.41 bits per heavy atom. The number of carbonyl (C=O) groups is 1. The quantitative estimate of drug-likeness (QED) is 0.516. The van der Waals surface area contributed by atoms with E-state index in [4.69, 9.17) is 14.2 Å². The third-order valence-corrected chi connectivity index (χ3v) is 7.09. The van der Waals surface area contributed by atoms with E-state index in [1.807, 2.05) is 6.92 Å². The molecule has 0 radical (unpaired) electrons. The van der Waals surface area contributed by atoms with Crippen molar-refractivity contribution >= 4 is 15.9 Å². The summed E-state index contributed by atoms with van der Waals surface area (Å²) in [7, 11) is -1.86. The Balaban J connectivity index is 1.45. The highest BCUT2D eigenvalue weighted by molar-refractivity contribution is 7.89. The third kappa shape index (κ3) is 6.14. The molecule has 32 heavy (non-hydrogen) atoms. The van der Waals surface area contributed by atoms with Crippen molar-refractivity contribution in [1.82, 2.24) is 9.62 Å². The van der Waals surface area contributed by atoms with E-state index in [1.54, 1.807) is 55.6 Å². The minimum Gasteiger partial charge on any atom is -0.497 e. The van der Waals surface area contributed by atoms with Gasteiger partial charge in [0, 0.05) is 19.2 Å². The molecule has 1 amide bonds. The van der Waals surface area contributed by atoms with Gasteiger partial charge in [-0.15, -0.1) is 0 Å². The van der Waals surface area contributed by atoms with Gasteiger partial charge in [0.25, 0.3) is 5.91 Å². The van der Waals surface area contributed by atoms with Gasteiger partial charge in [-0.1, -0.05) is 13.0 Å². The van der Waals surface area contributed by atoms with Crippen LogP contribution < -0.4 is 19.5 Å². The monoisotopic (exact) mass is 462 g/mol. The zero-order valence-electron chi connectivity index (χ0n) is 18.5. The molecule has 0 bridgehead atoms. The smallest absolute Gasteiger partial charge is 0.261 e. The molecule has 1 fully saturated rings. The summed E-state index contributed by atoms with van der Waals surface area (Å²) in [5.41, 5.74) is 0. The molecule has 2 aromatic carbocycles. The van der Waals surface area contributed by atoms with Gasteiger partial charge in [0.1, 0.15) is 23.9 Å². The summed E-state index contributed by atoms with van der Waals surface area (Å²) in [6.07, 6.45) is 1.68. The Morgan fingerprint density at radius 2 is 1.75 bits per heavy atom. The van der Waals surface area contributed by atoms with Crippen molar-refractivity contribution in [3.63, 3.8) is 0 Å². The molecule has 1 heterocycles. The van der Waals surface area contributed by atoms with Crippen LogP contribution in [0.2, 0.25) is 0 Å². The van der Waals surface area contributed by atoms with Gasteiger partial charge >= 0.3 is 0 Å². The van der Waals surface area contributed by atoms with E-state index in [0.29, 0.717) is 43.3 Å². The normalized spacial score (nSPS) is 15.2. The highest BCUT2D eigenvalue weighted by atomic mass is 32.2. The SMILES string of the molecule is CCC(Oc1cccc(OC)c1)C(=O)NCCOc1ccc(S(=O)(=O)N2CCCC2)cc1. The summed E-state index contributed by atoms with van der Waals surface area (Å²) in [5, 5.41) is 2.80. The summed E-state index contributed by atoms with van der Waals surface area (Å²) < 4.78 is 43.2. The summed E-state index contributed by atoms with van der Waals surface area (Å²) in [6, 6.07) is 13.5. The number of benzene rings is 2. The summed E-state index contributed by atoms with van der Waals surface area (Å²) in [4.78, 5) is 12.7. The lowest BCUT2D eigenvalue weighted by Crippen LogP contribution is -2.39. The van der Waals surface area contributed by atoms with Gasteiger partial charge in [0.2, 0.25) is 10.0 Å². The van der Waals surface area contributed by atoms with Crippen LogP contribution in [0.5, 0.6) is 17.2 Å². The molecule has 2 aromatic rings. The van der Waals surface area contributed by atoms with Gasteiger partial charge in [0.15, 0.2) is 6.10 Å². The highest BCUT2D eigenvalue weighted by Gasteiger charge is 2.27. The van der Waals surface area contributed by atoms with Crippen molar-refractivity contribution in [3.05, 3.63) is 48.5 Å². The first kappa shape index (κ1) is 23.9. The van der Waals surface area contributed by atoms with Crippen molar-refractivity contribution in [1.29, 1.82) is 0 Å². The first-order chi connectivity index (χ1) is 15.4. The zero-order chi connectivity index (χ0) is 23.0. The van der Waals surface area contributed by atoms with E-state index >= 15 is 0 Å². The van der Waals surface area contributed by atoms with Crippen molar-refractivity contribution in [2.24, 2.45) is 0 Å². The van der Waals surface area contributed by atoms with E-state index in [-0.39, 0.29) is 17.4 Å². The summed E-state index contributed by atoms with van der Waals surface area (Å²) in [6.45, 7) is 3.56. The molecular formula is C23H30N2O6S. The summed E-state index contributed by atoms with van der Waals surface area (Å²) in [5.74, 6) is 1.53. The predicted octanol–water partition coefficient (Wildman–Crippen LogP) is 2.83. The first-order valence-corrected chi connectivity index (χ1v) is 12.2. The maximum Gasteiger partial charge on any atom is 0.261 e. The maximum absolute atomic E-state index is 12.6. The number of amides is 1. The van der Waals surface area contributed by atoms with Crippen LogP contribution in [-0.2, 0) is 14.8 Å². The molecule has 1 aliphatic heterocycles. The lowest BCUT2D eigenvalue weighted by molar-refractivity contribution is -0.128. The Morgan fingerprint density at radius 1 is 1.06 bits per heavy atom. The molecule has 0 aromatic heterocycles. The molecule has 1 unspecified atom stereocenters. The molecule has 174 valence electrons. The average molecular weight is 463 g/mol. The molecule has 1 aliphatic rings. The minimum atomic E-state index is -3.44. The molecule has 1 atom stereocenters. The number of nitrogens with zero attached hydrogens (tertiary/aromatic N) is 1. The molecule has 0 aliphatic carbocycles. The van der Waals surface area contributed by atoms with Crippen LogP contribution in [0.3, 0.4) is 0 Å². The second kappa shape index (κ2) is 11.2. The van der Waals surface area contributed by atoms with Gasteiger partial charge in [-0.2, -0.15) is 4.31 Å². The van der Waals surface area contributed by atoms with Gasteiger partial charge in [0.05, 0.1) is 18.6 Å². The van der Waals surface area contributed by atoms with Crippen molar-refractivity contribution in [2.45, 2.75) is 37.2 Å². The van der Waals surface area contributed by atoms with Gasteiger partial charge in [-0.3, -0.25) is 4.79 Å². The molecule has 8 nitrogen and oxygen atoms in total. The Bertz CT molecular complexity index is 988. The van der Waals surface area contributed by atoms with Crippen LogP contribution in [0.25, 0.3) is 0 Å². The molecule has 9 heteroatoms. The van der Waals surface area contributed by atoms with Crippen LogP contribution in [-0.4, -0.2) is 58.1 Å². The fourth-order valence-corrected chi connectivity index (χ4v) is 4.92. The average Bonchev–Trinajstić information content (AvgIpc) is 3.36. The first-order valence-electron chi connectivity index (χ1n) is 10.8. The number of methoxy groups -OCH3 is 1. The Hall–Kier alpha value is -2.78. The van der Waals surface area contributed by atoms with Crippen molar-refractivity contribution in [2.75, 3.05) is 33.4 Å². The standard InChI is InChI=1S/C23H30N2O6S/c1-3-22(31-20-8-6-7-19(17-20)29-2)23(26)24-13-16-30-18-9-11-21(12-10-18)32(27,28)25-14-4-5-15-25/h6-12,17,22H,3-5,13-16H2,1-2H3,(H,24,26). The second-order valence-electron chi connectivity index (χ2n) is 7.42. The predicted molar refractivity (Wildman–Crippen MR) is 121 cm³/mol. The number of nitrogens with one attached hydrogen (secondary N) is 1. The zero-order valence-corrected chi connectivity index (χ0v) is 19.3. The number of ether oxygens (including phenoxy) is 3. The fourth-order valence-electron chi connectivity index (χ4n) is 3.40. The van der Waals surface area contributed by atoms with Crippen LogP contribution in [0.15, 0.2) is 53.4 Å². The number of hydrogen-bond donors (Lipinski definition) is 1. The van der Waals surface area contributed by atoms with Crippen molar-refractivity contribution < 1.29 is 27.4 Å². The van der Waals surface area contributed by atoms with E-state index in [0.717, 1.165) is 12.8 Å². The van der Waals surface area contributed by atoms with Gasteiger partial charge in [-0.05, 0) is 55.7 Å². The van der Waals surface area contributed by atoms with Gasteiger partial charge < -0.3 is 19.5 Å². The van der Waals surface area contributed by atoms with E-state index in [1.165, 1.54) is 4.31 Å². The Kier molecular flexibility index (Phi) is 8.35. The summed E-state index contributed by atoms with van der Waals surface area (Å²) >= 11 is 0. The van der Waals surface area contributed by atoms with Crippen LogP contribution in [0.4, 0.5) is 0 Å². The number of rotatable bonds is 11. The lowest BCUT2D eigenvalue weighted by atomic mass is 10.2. The highest BCUT2D eigenvalue weighted by Crippen LogP contribution is 2.23. The second-order valence-corrected chi connectivity index (χ2v) is 9.35. The van der Waals surface area contributed by atoms with Crippen LogP contribution in [0, 0.1) is 0 Å². The molecular weight excluding hydrogens is 432 g/mol. The molecule has 1 N–H and O–H groups in total. The number of carbonyl (C=O) groups excluding carboxylic acids is 1. The third-order valence-electron chi connectivity index (χ3n) is 5.18. The van der Waals surface area contributed by atoms with E-state index in [9.17, 15) is 13.2 Å². The van der Waals surface area contributed by atoms with E-state index in [2.05, 4.69) is 5.32 Å². The molecule has 0 spiro atoms. The van der Waals surface area contributed by atoms with Crippen LogP contribution >= 0.6 is 0 Å². The molecule has 0 saturated carbocycles. The number of sulfonamides is 1. The lowest BCUT2D eigenvalue weighted by Gasteiger charge is -2.18. The molecule has 3 rings (SSSR count). The van der Waals surface area contributed by atoms with E-state index < -0.39 is 16.1 Å². The van der Waals surface area contributed by atoms with Gasteiger partial charge in [-0.25, -0.2) is 8.42 Å². The fraction of sp³-hybridized carbons (Fsp3) is 0.435. The minimum absolute atomic E-state index is 0.231. The largest absolute Gasteiger partial charge is 0.497 e. The van der Waals surface area contributed by atoms with Crippen LogP contribution in [0.1, 0.15) is 26.2 Å². The Labute approximate surface area is 189 Å². The van der Waals surface area contributed by atoms with Crippen molar-refractivity contribution in [3.8, 4) is 17.2 Å². The number of hydrogen-bond acceptors (Lipinski definition) is 6. The maximum atomic E-state index is 12.6. The topological polar surface area (TPSA) is 94.2 Å². The molecule has 1 saturated heterocycles.